The van der Waals surface area contributed by atoms with Gasteiger partial charge < -0.3 is 4.42 Å². The minimum Gasteiger partial charge on any atom is -0.456 e. The van der Waals surface area contributed by atoms with Crippen molar-refractivity contribution in [3.05, 3.63) is 243 Å². The number of benzene rings is 11. The van der Waals surface area contributed by atoms with Crippen LogP contribution in [0.5, 0.6) is 0 Å². The molecule has 0 aliphatic carbocycles. The van der Waals surface area contributed by atoms with Crippen LogP contribution in [0.1, 0.15) is 0 Å². The molecule has 2 heterocycles. The fourth-order valence-corrected chi connectivity index (χ4v) is 10.1. The van der Waals surface area contributed by atoms with Gasteiger partial charge in [0.15, 0.2) is 5.82 Å². The van der Waals surface area contributed by atoms with Crippen LogP contribution in [0.2, 0.25) is 0 Å². The topological polar surface area (TPSA) is 38.9 Å². The molecule has 312 valence electrons. The monoisotopic (exact) mass is 852 g/mol. The van der Waals surface area contributed by atoms with Gasteiger partial charge in [-0.05, 0) is 94.7 Å². The Morgan fingerprint density at radius 3 is 1.46 bits per heavy atom. The van der Waals surface area contributed by atoms with E-state index in [9.17, 15) is 0 Å². The number of hydrogen-bond donors (Lipinski definition) is 0. The second-order valence-corrected chi connectivity index (χ2v) is 17.2. The van der Waals surface area contributed by atoms with E-state index in [1.54, 1.807) is 0 Å². The standard InChI is InChI=1S/C64H40N2O/c1-3-16-46(17-4-1)61-53-24-12-13-25-54(53)62(56-36-35-41-15-7-9-21-50(41)63(56)61)55-38-37-49(51-22-10-11-23-52(51)55)42-27-29-43(30-28-42)57-40-58(66-64(65-57)47-18-5-2-6-19-47)44-31-33-45(34-32-44)60-39-48-20-8-14-26-59(48)67-60/h1-40H. The summed E-state index contributed by atoms with van der Waals surface area (Å²) >= 11 is 0. The molecule has 0 N–H and O–H groups in total. The SMILES string of the molecule is c1ccc(-c2nc(-c3ccc(-c4cc5ccccc5o4)cc3)cc(-c3ccc(-c4ccc(-c5c6ccccc6c(-c6ccccc6)c6c5ccc5ccccc56)c5ccccc45)cc3)n2)cc1. The molecule has 0 fully saturated rings. The molecule has 0 radical (unpaired) electrons. The van der Waals surface area contributed by atoms with Crippen molar-refractivity contribution >= 4 is 54.1 Å². The molecule has 0 atom stereocenters. The second kappa shape index (κ2) is 16.0. The molecular formula is C64H40N2O. The van der Waals surface area contributed by atoms with Gasteiger partial charge in [0.2, 0.25) is 0 Å². The maximum Gasteiger partial charge on any atom is 0.160 e. The fraction of sp³-hybridized carbons (Fsp3) is 0. The van der Waals surface area contributed by atoms with E-state index in [-0.39, 0.29) is 0 Å². The van der Waals surface area contributed by atoms with E-state index in [4.69, 9.17) is 14.4 Å². The van der Waals surface area contributed by atoms with Crippen molar-refractivity contribution in [2.24, 2.45) is 0 Å². The Morgan fingerprint density at radius 2 is 0.791 bits per heavy atom. The van der Waals surface area contributed by atoms with Gasteiger partial charge in [0.1, 0.15) is 11.3 Å². The highest BCUT2D eigenvalue weighted by Crippen LogP contribution is 2.48. The fourth-order valence-electron chi connectivity index (χ4n) is 10.1. The van der Waals surface area contributed by atoms with Crippen molar-refractivity contribution in [2.75, 3.05) is 0 Å². The maximum atomic E-state index is 6.18. The number of furan rings is 1. The zero-order valence-electron chi connectivity index (χ0n) is 36.4. The third-order valence-corrected chi connectivity index (χ3v) is 13.3. The van der Waals surface area contributed by atoms with Crippen molar-refractivity contribution in [2.45, 2.75) is 0 Å². The Balaban J connectivity index is 0.919. The van der Waals surface area contributed by atoms with E-state index >= 15 is 0 Å². The van der Waals surface area contributed by atoms with Crippen molar-refractivity contribution in [3.8, 4) is 78.6 Å². The first kappa shape index (κ1) is 38.5. The smallest absolute Gasteiger partial charge is 0.160 e. The maximum absolute atomic E-state index is 6.18. The largest absolute Gasteiger partial charge is 0.456 e. The number of fused-ring (bicyclic) bond motifs is 6. The second-order valence-electron chi connectivity index (χ2n) is 17.2. The van der Waals surface area contributed by atoms with E-state index in [0.29, 0.717) is 5.82 Å². The Hall–Kier alpha value is -8.92. The van der Waals surface area contributed by atoms with Gasteiger partial charge in [0, 0.05) is 27.6 Å². The van der Waals surface area contributed by atoms with Crippen LogP contribution >= 0.6 is 0 Å². The molecule has 0 aliphatic heterocycles. The molecule has 0 spiro atoms. The Morgan fingerprint density at radius 1 is 0.284 bits per heavy atom. The predicted molar refractivity (Wildman–Crippen MR) is 280 cm³/mol. The Labute approximate surface area is 387 Å². The molecule has 13 aromatic rings. The van der Waals surface area contributed by atoms with Crippen LogP contribution in [0.4, 0.5) is 0 Å². The zero-order chi connectivity index (χ0) is 44.3. The van der Waals surface area contributed by atoms with Crippen LogP contribution in [0, 0.1) is 0 Å². The van der Waals surface area contributed by atoms with E-state index in [0.717, 1.165) is 55.9 Å². The summed E-state index contributed by atoms with van der Waals surface area (Å²) in [5.74, 6) is 1.53. The van der Waals surface area contributed by atoms with Crippen molar-refractivity contribution in [1.29, 1.82) is 0 Å². The average Bonchev–Trinajstić information content (AvgIpc) is 3.85. The van der Waals surface area contributed by atoms with Crippen LogP contribution < -0.4 is 0 Å². The molecule has 3 nitrogen and oxygen atoms in total. The van der Waals surface area contributed by atoms with Crippen molar-refractivity contribution in [1.82, 2.24) is 9.97 Å². The minimum absolute atomic E-state index is 0.685. The van der Waals surface area contributed by atoms with Crippen LogP contribution in [0.25, 0.3) is 133 Å². The Kier molecular flexibility index (Phi) is 9.17. The molecule has 3 heteroatoms. The Bertz CT molecular complexity index is 3970. The molecule has 0 unspecified atom stereocenters. The summed E-state index contributed by atoms with van der Waals surface area (Å²) in [6, 6.07) is 86.6. The van der Waals surface area contributed by atoms with Crippen LogP contribution in [-0.4, -0.2) is 9.97 Å². The summed E-state index contributed by atoms with van der Waals surface area (Å²) in [4.78, 5) is 10.3. The molecule has 13 rings (SSSR count). The number of hydrogen-bond acceptors (Lipinski definition) is 3. The summed E-state index contributed by atoms with van der Waals surface area (Å²) in [6.45, 7) is 0. The number of nitrogens with zero attached hydrogens (tertiary/aromatic N) is 2. The predicted octanol–water partition coefficient (Wildman–Crippen LogP) is 17.5. The summed E-state index contributed by atoms with van der Waals surface area (Å²) in [7, 11) is 0. The zero-order valence-corrected chi connectivity index (χ0v) is 36.4. The summed E-state index contributed by atoms with van der Waals surface area (Å²) in [6.07, 6.45) is 0. The highest BCUT2D eigenvalue weighted by atomic mass is 16.3. The van der Waals surface area contributed by atoms with Crippen LogP contribution in [0.15, 0.2) is 247 Å². The lowest BCUT2D eigenvalue weighted by molar-refractivity contribution is 0.631. The molecule has 0 amide bonds. The first-order valence-electron chi connectivity index (χ1n) is 22.8. The molecular weight excluding hydrogens is 813 g/mol. The van der Waals surface area contributed by atoms with Crippen LogP contribution in [-0.2, 0) is 0 Å². The molecule has 11 aromatic carbocycles. The van der Waals surface area contributed by atoms with Gasteiger partial charge in [0.05, 0.1) is 11.4 Å². The van der Waals surface area contributed by atoms with Crippen molar-refractivity contribution in [3.63, 3.8) is 0 Å². The lowest BCUT2D eigenvalue weighted by atomic mass is 9.82. The molecule has 2 aromatic heterocycles. The summed E-state index contributed by atoms with van der Waals surface area (Å²) in [5.41, 5.74) is 13.9. The molecule has 67 heavy (non-hydrogen) atoms. The first-order valence-corrected chi connectivity index (χ1v) is 22.8. The lowest BCUT2D eigenvalue weighted by Gasteiger charge is -2.21. The van der Waals surface area contributed by atoms with Gasteiger partial charge in [-0.3, -0.25) is 0 Å². The first-order chi connectivity index (χ1) is 33.2. The number of para-hydroxylation sites is 1. The third-order valence-electron chi connectivity index (χ3n) is 13.3. The molecule has 0 bridgehead atoms. The summed E-state index contributed by atoms with van der Waals surface area (Å²) < 4.78 is 6.18. The number of rotatable bonds is 7. The van der Waals surface area contributed by atoms with Crippen molar-refractivity contribution < 1.29 is 4.42 Å². The van der Waals surface area contributed by atoms with Gasteiger partial charge in [0.25, 0.3) is 0 Å². The third kappa shape index (κ3) is 6.67. The van der Waals surface area contributed by atoms with Gasteiger partial charge in [-0.15, -0.1) is 0 Å². The van der Waals surface area contributed by atoms with E-state index < -0.39 is 0 Å². The van der Waals surface area contributed by atoms with Crippen LogP contribution in [0.3, 0.4) is 0 Å². The normalized spacial score (nSPS) is 11.6. The summed E-state index contributed by atoms with van der Waals surface area (Å²) in [5, 5.41) is 11.0. The lowest BCUT2D eigenvalue weighted by Crippen LogP contribution is -1.96. The highest BCUT2D eigenvalue weighted by molar-refractivity contribution is 6.29. The molecule has 0 saturated carbocycles. The van der Waals surface area contributed by atoms with Gasteiger partial charge in [-0.1, -0.05) is 224 Å². The quantitative estimate of drug-likeness (QED) is 0.118. The van der Waals surface area contributed by atoms with Gasteiger partial charge >= 0.3 is 0 Å². The van der Waals surface area contributed by atoms with E-state index in [2.05, 4.69) is 206 Å². The number of aromatic nitrogens is 2. The average molecular weight is 853 g/mol. The minimum atomic E-state index is 0.685. The molecule has 0 saturated heterocycles. The van der Waals surface area contributed by atoms with Gasteiger partial charge in [-0.25, -0.2) is 9.97 Å². The highest BCUT2D eigenvalue weighted by Gasteiger charge is 2.21. The molecule has 0 aliphatic rings. The van der Waals surface area contributed by atoms with Gasteiger partial charge in [-0.2, -0.15) is 0 Å². The van der Waals surface area contributed by atoms with E-state index in [1.807, 2.05) is 36.4 Å². The van der Waals surface area contributed by atoms with E-state index in [1.165, 1.54) is 70.9 Å².